The van der Waals surface area contributed by atoms with Crippen molar-refractivity contribution in [3.05, 3.63) is 35.5 Å². The predicted octanol–water partition coefficient (Wildman–Crippen LogP) is 2.30. The van der Waals surface area contributed by atoms with Crippen LogP contribution in [0.5, 0.6) is 0 Å². The smallest absolute Gasteiger partial charge is 0.333 e. The van der Waals surface area contributed by atoms with Gasteiger partial charge in [-0.1, -0.05) is 18.2 Å². The van der Waals surface area contributed by atoms with Gasteiger partial charge in [-0.05, 0) is 52.0 Å². The van der Waals surface area contributed by atoms with Gasteiger partial charge < -0.3 is 19.7 Å². The number of hydrogen-bond acceptors (Lipinski definition) is 6. The molecule has 2 aliphatic carbocycles. The van der Waals surface area contributed by atoms with Crippen molar-refractivity contribution in [2.75, 3.05) is 7.11 Å². The summed E-state index contributed by atoms with van der Waals surface area (Å²) in [6.07, 6.45) is 8.25. The van der Waals surface area contributed by atoms with Gasteiger partial charge in [0.1, 0.15) is 11.0 Å². The first-order valence-electron chi connectivity index (χ1n) is 9.42. The second-order valence-electron chi connectivity index (χ2n) is 8.11. The number of carbonyl (C=O) groups excluding carboxylic acids is 2. The van der Waals surface area contributed by atoms with Crippen molar-refractivity contribution in [2.24, 2.45) is 11.3 Å². The first-order chi connectivity index (χ1) is 13.1. The van der Waals surface area contributed by atoms with Gasteiger partial charge in [-0.15, -0.1) is 0 Å². The third kappa shape index (κ3) is 2.89. The minimum absolute atomic E-state index is 0.155. The van der Waals surface area contributed by atoms with Gasteiger partial charge in [0.2, 0.25) is 0 Å². The largest absolute Gasteiger partial charge is 0.478 e. The van der Waals surface area contributed by atoms with E-state index in [1.165, 1.54) is 20.1 Å². The molecule has 1 saturated carbocycles. The Hall–Kier alpha value is -2.41. The van der Waals surface area contributed by atoms with Crippen LogP contribution in [0.15, 0.2) is 35.5 Å². The fraction of sp³-hybridized carbons (Fsp3) is 0.571. The molecule has 2 N–H and O–H groups in total. The number of aliphatic carboxylic acids is 1. The minimum Gasteiger partial charge on any atom is -0.478 e. The predicted molar refractivity (Wildman–Crippen MR) is 99.1 cm³/mol. The van der Waals surface area contributed by atoms with Crippen LogP contribution in [0, 0.1) is 11.3 Å². The quantitative estimate of drug-likeness (QED) is 0.430. The Labute approximate surface area is 163 Å². The zero-order valence-corrected chi connectivity index (χ0v) is 16.4. The van der Waals surface area contributed by atoms with E-state index in [1.807, 2.05) is 0 Å². The lowest BCUT2D eigenvalue weighted by atomic mass is 9.62. The average Bonchev–Trinajstić information content (AvgIpc) is 2.77. The summed E-state index contributed by atoms with van der Waals surface area (Å²) in [5.41, 5.74) is -2.80. The average molecular weight is 390 g/mol. The minimum atomic E-state index is -1.31. The fourth-order valence-electron chi connectivity index (χ4n) is 5.01. The summed E-state index contributed by atoms with van der Waals surface area (Å²) in [7, 11) is 1.31. The number of carbonyl (C=O) groups is 3. The van der Waals surface area contributed by atoms with Crippen LogP contribution in [0.4, 0.5) is 0 Å². The number of cyclic esters (lactones) is 1. The highest BCUT2D eigenvalue weighted by Gasteiger charge is 2.71. The van der Waals surface area contributed by atoms with Crippen LogP contribution in [0.25, 0.3) is 0 Å². The summed E-state index contributed by atoms with van der Waals surface area (Å²) < 4.78 is 10.6. The van der Waals surface area contributed by atoms with Crippen LogP contribution in [0.2, 0.25) is 0 Å². The Morgan fingerprint density at radius 3 is 2.71 bits per heavy atom. The third-order valence-electron chi connectivity index (χ3n) is 6.69. The van der Waals surface area contributed by atoms with Crippen molar-refractivity contribution in [1.82, 2.24) is 0 Å². The molecule has 0 radical (unpaired) electrons. The van der Waals surface area contributed by atoms with Gasteiger partial charge in [0.05, 0.1) is 12.7 Å². The molecular formula is C21H26O7. The number of methoxy groups -OCH3 is 1. The molecule has 3 rings (SSSR count). The van der Waals surface area contributed by atoms with Crippen molar-refractivity contribution in [3.8, 4) is 0 Å². The van der Waals surface area contributed by atoms with E-state index >= 15 is 0 Å². The zero-order chi connectivity index (χ0) is 20.7. The summed E-state index contributed by atoms with van der Waals surface area (Å²) in [5.74, 6) is -2.30. The summed E-state index contributed by atoms with van der Waals surface area (Å²) in [6, 6.07) is 0. The Kier molecular flexibility index (Phi) is 5.00. The summed E-state index contributed by atoms with van der Waals surface area (Å²) >= 11 is 0. The van der Waals surface area contributed by atoms with Crippen molar-refractivity contribution < 1.29 is 34.1 Å². The van der Waals surface area contributed by atoms with E-state index < -0.39 is 34.5 Å². The lowest BCUT2D eigenvalue weighted by Crippen LogP contribution is -2.63. The van der Waals surface area contributed by atoms with Crippen molar-refractivity contribution in [2.45, 2.75) is 57.2 Å². The number of aliphatic hydroxyl groups is 1. The molecule has 28 heavy (non-hydrogen) atoms. The lowest BCUT2D eigenvalue weighted by Gasteiger charge is -2.52. The maximum absolute atomic E-state index is 13.1. The number of rotatable bonds is 4. The van der Waals surface area contributed by atoms with Gasteiger partial charge in [0.15, 0.2) is 0 Å². The zero-order valence-electron chi connectivity index (χ0n) is 16.4. The van der Waals surface area contributed by atoms with E-state index in [2.05, 4.69) is 0 Å². The highest BCUT2D eigenvalue weighted by molar-refractivity contribution is 5.89. The van der Waals surface area contributed by atoms with Crippen LogP contribution in [-0.2, 0) is 23.9 Å². The first-order valence-corrected chi connectivity index (χ1v) is 9.42. The maximum atomic E-state index is 13.1. The molecule has 152 valence electrons. The molecule has 7 nitrogen and oxygen atoms in total. The van der Waals surface area contributed by atoms with Crippen molar-refractivity contribution in [1.29, 1.82) is 0 Å². The summed E-state index contributed by atoms with van der Waals surface area (Å²) in [6.45, 7) is 3.21. The second-order valence-corrected chi connectivity index (χ2v) is 8.11. The molecule has 0 spiro atoms. The standard InChI is InChI=1S/C21H26O7/c1-13(16(22)23)5-4-9-19(2)15-8-11-20(18(25)28-19)10-6-14(17(24)27-3)7-12-21(15,20)26/h4-6,9,15,26H,7-8,10-12H2,1-3H3,(H,22,23)/b9-4+,13-5+/t15-,19?,20?,21?/m1/s1. The normalized spacial score (nSPS) is 37.7. The van der Waals surface area contributed by atoms with Gasteiger partial charge in [-0.3, -0.25) is 4.79 Å². The Morgan fingerprint density at radius 1 is 1.36 bits per heavy atom. The van der Waals surface area contributed by atoms with Crippen LogP contribution < -0.4 is 0 Å². The topological polar surface area (TPSA) is 110 Å². The van der Waals surface area contributed by atoms with Gasteiger partial charge in [-0.25, -0.2) is 9.59 Å². The molecule has 0 aromatic carbocycles. The molecule has 0 aromatic heterocycles. The number of hydrogen-bond donors (Lipinski definition) is 2. The first kappa shape index (κ1) is 20.3. The molecule has 3 aliphatic rings. The monoisotopic (exact) mass is 390 g/mol. The van der Waals surface area contributed by atoms with Crippen LogP contribution in [0.3, 0.4) is 0 Å². The third-order valence-corrected chi connectivity index (χ3v) is 6.69. The van der Waals surface area contributed by atoms with E-state index in [1.54, 1.807) is 25.2 Å². The fourth-order valence-corrected chi connectivity index (χ4v) is 5.01. The molecule has 0 amide bonds. The molecule has 2 bridgehead atoms. The maximum Gasteiger partial charge on any atom is 0.333 e. The molecule has 1 saturated heterocycles. The highest BCUT2D eigenvalue weighted by Crippen LogP contribution is 2.63. The van der Waals surface area contributed by atoms with E-state index in [0.717, 1.165) is 0 Å². The number of carboxylic acid groups (broad SMARTS) is 1. The highest BCUT2D eigenvalue weighted by atomic mass is 16.6. The molecule has 4 atom stereocenters. The number of esters is 2. The molecule has 1 heterocycles. The SMILES string of the molecule is COC(=O)C1=CCC23CC[C@H](C(C)(/C=C/C=C(\C)C(=O)O)OC2=O)C3(O)CC1. The van der Waals surface area contributed by atoms with E-state index in [0.29, 0.717) is 24.8 Å². The molecule has 3 unspecified atom stereocenters. The Balaban J connectivity index is 1.95. The van der Waals surface area contributed by atoms with Crippen LogP contribution in [-0.4, -0.2) is 46.4 Å². The molecule has 0 aromatic rings. The van der Waals surface area contributed by atoms with E-state index in [9.17, 15) is 19.5 Å². The van der Waals surface area contributed by atoms with Crippen molar-refractivity contribution >= 4 is 17.9 Å². The second kappa shape index (κ2) is 6.88. The number of carboxylic acids is 1. The van der Waals surface area contributed by atoms with Crippen LogP contribution in [0.1, 0.15) is 46.0 Å². The molecule has 1 aliphatic heterocycles. The number of allylic oxidation sites excluding steroid dienone is 3. The van der Waals surface area contributed by atoms with Crippen LogP contribution >= 0.6 is 0 Å². The summed E-state index contributed by atoms with van der Waals surface area (Å²) in [5, 5.41) is 20.7. The Morgan fingerprint density at radius 2 is 2.07 bits per heavy atom. The Bertz CT molecular complexity index is 808. The number of ether oxygens (including phenoxy) is 2. The van der Waals surface area contributed by atoms with Gasteiger partial charge in [0.25, 0.3) is 0 Å². The molecular weight excluding hydrogens is 364 g/mol. The molecule has 2 fully saturated rings. The van der Waals surface area contributed by atoms with E-state index in [-0.39, 0.29) is 24.3 Å². The van der Waals surface area contributed by atoms with E-state index in [4.69, 9.17) is 14.6 Å². The lowest BCUT2D eigenvalue weighted by molar-refractivity contribution is -0.224. The molecule has 7 heteroatoms. The van der Waals surface area contributed by atoms with Gasteiger partial charge in [-0.2, -0.15) is 0 Å². The van der Waals surface area contributed by atoms with Crippen molar-refractivity contribution in [3.63, 3.8) is 0 Å². The van der Waals surface area contributed by atoms with Gasteiger partial charge >= 0.3 is 17.9 Å². The van der Waals surface area contributed by atoms with Gasteiger partial charge in [0, 0.05) is 17.1 Å². The summed E-state index contributed by atoms with van der Waals surface area (Å²) in [4.78, 5) is 36.0.